The van der Waals surface area contributed by atoms with E-state index in [0.29, 0.717) is 5.92 Å². The van der Waals surface area contributed by atoms with Gasteiger partial charge in [0.15, 0.2) is 0 Å². The Hall–Kier alpha value is 0.423. The molecule has 0 nitrogen and oxygen atoms in total. The molecule has 15 heavy (non-hydrogen) atoms. The molecule has 1 aromatic rings. The van der Waals surface area contributed by atoms with Crippen LogP contribution in [0.15, 0.2) is 18.2 Å². The van der Waals surface area contributed by atoms with Crippen LogP contribution < -0.4 is 0 Å². The number of hydrogen-bond donors (Lipinski definition) is 0. The number of fused-ring (bicyclic) bond motifs is 1. The Labute approximate surface area is 110 Å². The van der Waals surface area contributed by atoms with Crippen LogP contribution in [-0.2, 0) is 20.8 Å². The Balaban J connectivity index is 0.000000337. The second kappa shape index (κ2) is 6.23. The van der Waals surface area contributed by atoms with E-state index in [9.17, 15) is 0 Å². The minimum absolute atomic E-state index is 0.611. The van der Waals surface area contributed by atoms with Gasteiger partial charge in [0, 0.05) is 5.92 Å². The maximum absolute atomic E-state index is 4.93. The van der Waals surface area contributed by atoms with E-state index >= 15 is 0 Å². The van der Waals surface area contributed by atoms with Gasteiger partial charge in [-0.15, -0.1) is 0 Å². The van der Waals surface area contributed by atoms with Crippen molar-refractivity contribution in [2.24, 2.45) is 0 Å². The fourth-order valence-corrected chi connectivity index (χ4v) is 2.02. The first-order valence-corrected chi connectivity index (χ1v) is 11.2. The molecule has 3 heteroatoms. The van der Waals surface area contributed by atoms with Crippen LogP contribution in [0.25, 0.3) is 6.08 Å². The zero-order valence-corrected chi connectivity index (χ0v) is 13.1. The zero-order chi connectivity index (χ0) is 11.4. The molecule has 1 aliphatic rings. The molecule has 0 aliphatic heterocycles. The Morgan fingerprint density at radius 2 is 1.67 bits per heavy atom. The summed E-state index contributed by atoms with van der Waals surface area (Å²) in [6, 6.07) is 4.42. The normalized spacial score (nSPS) is 16.7. The van der Waals surface area contributed by atoms with Gasteiger partial charge in [-0.25, -0.2) is 0 Å². The molecule has 0 amide bonds. The van der Waals surface area contributed by atoms with Crippen LogP contribution in [0.3, 0.4) is 0 Å². The van der Waals surface area contributed by atoms with Crippen LogP contribution in [0.1, 0.15) is 35.1 Å². The molecule has 0 N–H and O–H groups in total. The maximum atomic E-state index is 4.93. The fourth-order valence-electron chi connectivity index (χ4n) is 2.02. The third kappa shape index (κ3) is 3.19. The van der Waals surface area contributed by atoms with Gasteiger partial charge in [0.1, 0.15) is 0 Å². The predicted octanol–water partition coefficient (Wildman–Crippen LogP) is 4.81. The number of allylic oxidation sites excluding steroid dienone is 1. The fraction of sp³-hybridized carbons (Fsp3) is 0.333. The van der Waals surface area contributed by atoms with E-state index in [0.717, 1.165) is 0 Å². The van der Waals surface area contributed by atoms with Crippen molar-refractivity contribution >= 4 is 23.1 Å². The number of halogens is 2. The average molecular weight is 320 g/mol. The van der Waals surface area contributed by atoms with Gasteiger partial charge in [0.05, 0.1) is 0 Å². The van der Waals surface area contributed by atoms with Gasteiger partial charge < -0.3 is 0 Å². The molecule has 80 valence electrons. The number of aryl methyl sites for hydroxylation is 2. The summed E-state index contributed by atoms with van der Waals surface area (Å²) in [6.07, 6.45) is 4.53. The van der Waals surface area contributed by atoms with Crippen LogP contribution >= 0.6 is 17.0 Å². The van der Waals surface area contributed by atoms with Crippen molar-refractivity contribution in [1.82, 2.24) is 0 Å². The van der Waals surface area contributed by atoms with E-state index < -0.39 is 20.8 Å². The van der Waals surface area contributed by atoms with Gasteiger partial charge in [-0.2, -0.15) is 0 Å². The summed E-state index contributed by atoms with van der Waals surface area (Å²) in [7, 11) is 9.87. The SMILES string of the molecule is Cc1ccc(C)c2c1C=CC2C.[Cl][Zr][Cl]. The predicted molar refractivity (Wildman–Crippen MR) is 65.1 cm³/mol. The first-order valence-electron chi connectivity index (χ1n) is 4.86. The molecule has 1 unspecified atom stereocenters. The molecule has 0 heterocycles. The van der Waals surface area contributed by atoms with Gasteiger partial charge in [-0.05, 0) is 36.1 Å². The van der Waals surface area contributed by atoms with Crippen LogP contribution in [0.2, 0.25) is 0 Å². The molecule has 0 spiro atoms. The van der Waals surface area contributed by atoms with E-state index in [1.807, 2.05) is 0 Å². The average Bonchev–Trinajstić information content (AvgIpc) is 2.57. The molecule has 2 rings (SSSR count). The molecule has 1 aromatic carbocycles. The molecule has 0 radical (unpaired) electrons. The van der Waals surface area contributed by atoms with E-state index in [-0.39, 0.29) is 0 Å². The summed E-state index contributed by atoms with van der Waals surface area (Å²) in [5.74, 6) is 0.611. The van der Waals surface area contributed by atoms with Crippen molar-refractivity contribution < 1.29 is 20.8 Å². The number of hydrogen-bond acceptors (Lipinski definition) is 0. The van der Waals surface area contributed by atoms with Gasteiger partial charge in [0.25, 0.3) is 0 Å². The Bertz CT molecular complexity index is 372. The van der Waals surface area contributed by atoms with E-state index in [1.54, 1.807) is 0 Å². The molecule has 0 fully saturated rings. The van der Waals surface area contributed by atoms with Gasteiger partial charge in [-0.3, -0.25) is 0 Å². The van der Waals surface area contributed by atoms with Gasteiger partial charge in [-0.1, -0.05) is 31.2 Å². The van der Waals surface area contributed by atoms with Gasteiger partial charge >= 0.3 is 37.9 Å². The summed E-state index contributed by atoms with van der Waals surface area (Å²) >= 11 is -0.826. The first-order chi connectivity index (χ1) is 7.11. The summed E-state index contributed by atoms with van der Waals surface area (Å²) in [5.41, 5.74) is 5.79. The second-order valence-corrected chi connectivity index (χ2v) is 7.48. The third-order valence-corrected chi connectivity index (χ3v) is 2.73. The second-order valence-electron chi connectivity index (χ2n) is 3.75. The Morgan fingerprint density at radius 3 is 2.20 bits per heavy atom. The number of rotatable bonds is 0. The van der Waals surface area contributed by atoms with Crippen LogP contribution in [0, 0.1) is 13.8 Å². The molecule has 0 bridgehead atoms. The molecule has 1 aliphatic carbocycles. The van der Waals surface area contributed by atoms with E-state index in [2.05, 4.69) is 45.1 Å². The summed E-state index contributed by atoms with van der Waals surface area (Å²) in [4.78, 5) is 0. The van der Waals surface area contributed by atoms with E-state index in [1.165, 1.54) is 22.3 Å². The molecule has 0 saturated carbocycles. The molecule has 0 aromatic heterocycles. The Morgan fingerprint density at radius 1 is 1.13 bits per heavy atom. The quantitative estimate of drug-likeness (QED) is 0.643. The van der Waals surface area contributed by atoms with E-state index in [4.69, 9.17) is 17.0 Å². The minimum atomic E-state index is -0.826. The first kappa shape index (κ1) is 13.5. The topological polar surface area (TPSA) is 0 Å². The molecular weight excluding hydrogens is 306 g/mol. The number of benzene rings is 1. The van der Waals surface area contributed by atoms with Gasteiger partial charge in [0.2, 0.25) is 0 Å². The van der Waals surface area contributed by atoms with Crippen LogP contribution in [0.4, 0.5) is 0 Å². The van der Waals surface area contributed by atoms with Crippen molar-refractivity contribution in [1.29, 1.82) is 0 Å². The monoisotopic (exact) mass is 318 g/mol. The summed E-state index contributed by atoms with van der Waals surface area (Å²) in [6.45, 7) is 6.64. The summed E-state index contributed by atoms with van der Waals surface area (Å²) in [5, 5.41) is 0. The van der Waals surface area contributed by atoms with Crippen molar-refractivity contribution in [2.75, 3.05) is 0 Å². The molecular formula is C12H14Cl2Zr. The Kier molecular flexibility index (Phi) is 5.60. The zero-order valence-electron chi connectivity index (χ0n) is 9.14. The molecule has 0 saturated heterocycles. The van der Waals surface area contributed by atoms with Crippen molar-refractivity contribution in [2.45, 2.75) is 26.7 Å². The van der Waals surface area contributed by atoms with Crippen molar-refractivity contribution in [3.05, 3.63) is 40.5 Å². The molecule has 1 atom stereocenters. The van der Waals surface area contributed by atoms with Crippen molar-refractivity contribution in [3.63, 3.8) is 0 Å². The summed E-state index contributed by atoms with van der Waals surface area (Å²) < 4.78 is 0. The van der Waals surface area contributed by atoms with Crippen LogP contribution in [0.5, 0.6) is 0 Å². The van der Waals surface area contributed by atoms with Crippen LogP contribution in [-0.4, -0.2) is 0 Å². The standard InChI is InChI=1S/C12H14.2ClH.Zr/c1-8-4-5-9(2)12-10(3)6-7-11(8)12;;;/h4-7,10H,1-3H3;2*1H;/q;;;+2/p-2. The van der Waals surface area contributed by atoms with Crippen molar-refractivity contribution in [3.8, 4) is 0 Å². The third-order valence-electron chi connectivity index (χ3n) is 2.73.